The first-order chi connectivity index (χ1) is 13.4. The molecule has 0 amide bonds. The molecule has 2 aromatic rings. The average Bonchev–Trinajstić information content (AvgIpc) is 2.56. The predicted molar refractivity (Wildman–Crippen MR) is 122 cm³/mol. The van der Waals surface area contributed by atoms with Crippen molar-refractivity contribution in [2.24, 2.45) is 0 Å². The van der Waals surface area contributed by atoms with Gasteiger partial charge in [0.05, 0.1) is 6.42 Å². The minimum atomic E-state index is -1.47. The van der Waals surface area contributed by atoms with Crippen molar-refractivity contribution >= 4 is 25.6 Å². The molecule has 0 heterocycles. The number of ether oxygens (including phenoxy) is 2. The number of rotatable bonds is 5. The van der Waals surface area contributed by atoms with Crippen molar-refractivity contribution in [3.63, 3.8) is 0 Å². The highest BCUT2D eigenvalue weighted by Crippen LogP contribution is 2.23. The molecule has 0 radical (unpaired) electrons. The summed E-state index contributed by atoms with van der Waals surface area (Å²) in [5.74, 6) is 3.62. The largest absolute Gasteiger partial charge is 0.489 e. The summed E-state index contributed by atoms with van der Waals surface area (Å²) in [4.78, 5) is 12.2. The minimum absolute atomic E-state index is 0.163. The summed E-state index contributed by atoms with van der Waals surface area (Å²) < 4.78 is 11.4. The Kier molecular flexibility index (Phi) is 7.57. The minimum Gasteiger partial charge on any atom is -0.489 e. The lowest BCUT2D eigenvalue weighted by Crippen LogP contribution is -2.25. The average molecular weight is 429 g/mol. The summed E-state index contributed by atoms with van der Waals surface area (Å²) in [6.45, 7) is 12.5. The lowest BCUT2D eigenvalue weighted by atomic mass is 10.1. The molecule has 0 saturated carbocycles. The lowest BCUT2D eigenvalue weighted by Gasteiger charge is -2.20. The van der Waals surface area contributed by atoms with Crippen molar-refractivity contribution < 1.29 is 14.3 Å². The van der Waals surface area contributed by atoms with Crippen LogP contribution in [0, 0.1) is 11.5 Å². The van der Waals surface area contributed by atoms with Gasteiger partial charge >= 0.3 is 5.97 Å². The highest BCUT2D eigenvalue weighted by atomic mass is 35.5. The fourth-order valence-electron chi connectivity index (χ4n) is 2.55. The lowest BCUT2D eigenvalue weighted by molar-refractivity contribution is -0.153. The van der Waals surface area contributed by atoms with Crippen molar-refractivity contribution in [1.29, 1.82) is 0 Å². The number of carbonyl (C=O) groups is 1. The summed E-state index contributed by atoms with van der Waals surface area (Å²) in [7, 11) is -1.47. The fourth-order valence-corrected chi connectivity index (χ4v) is 3.33. The van der Waals surface area contributed by atoms with Crippen LogP contribution in [-0.4, -0.2) is 19.6 Å². The molecule has 0 saturated heterocycles. The number of hydrogen-bond donors (Lipinski definition) is 0. The molecule has 0 aliphatic heterocycles. The van der Waals surface area contributed by atoms with Crippen LogP contribution in [0.25, 0.3) is 0 Å². The van der Waals surface area contributed by atoms with Gasteiger partial charge in [-0.15, -0.1) is 5.54 Å². The van der Waals surface area contributed by atoms with Gasteiger partial charge in [-0.1, -0.05) is 55.4 Å². The number of esters is 1. The summed E-state index contributed by atoms with van der Waals surface area (Å²) in [5.41, 5.74) is 5.46. The number of hydrogen-bond acceptors (Lipinski definition) is 3. The normalized spacial score (nSPS) is 11.4. The maximum atomic E-state index is 12.2. The standard InChI is InChI=1S/C24H29ClO3Si/c1-24(2,3)28-23(26)16-20-9-7-8-10-22(20)27-17-19-13-18(14-21(25)15-19)11-12-29(4,5)6/h7-10,13-15H,16-17H2,1-6H3. The van der Waals surface area contributed by atoms with Crippen molar-refractivity contribution in [2.45, 2.75) is 59.0 Å². The third-order valence-corrected chi connectivity index (χ3v) is 4.75. The summed E-state index contributed by atoms with van der Waals surface area (Å²) in [5, 5.41) is 0.632. The van der Waals surface area contributed by atoms with Crippen molar-refractivity contribution in [3.8, 4) is 17.2 Å². The van der Waals surface area contributed by atoms with E-state index in [4.69, 9.17) is 21.1 Å². The van der Waals surface area contributed by atoms with Crippen LogP contribution in [0.15, 0.2) is 42.5 Å². The number of benzene rings is 2. The third-order valence-electron chi connectivity index (χ3n) is 3.66. The van der Waals surface area contributed by atoms with Crippen molar-refractivity contribution in [1.82, 2.24) is 0 Å². The molecule has 0 bridgehead atoms. The molecule has 3 nitrogen and oxygen atoms in total. The first-order valence-corrected chi connectivity index (χ1v) is 13.5. The molecule has 0 fully saturated rings. The van der Waals surface area contributed by atoms with E-state index in [0.717, 1.165) is 16.7 Å². The van der Waals surface area contributed by atoms with Crippen LogP contribution in [0.3, 0.4) is 0 Å². The van der Waals surface area contributed by atoms with Gasteiger partial charge in [-0.3, -0.25) is 4.79 Å². The van der Waals surface area contributed by atoms with Crippen LogP contribution >= 0.6 is 11.6 Å². The Bertz CT molecular complexity index is 928. The molecular formula is C24H29ClO3Si. The van der Waals surface area contributed by atoms with E-state index < -0.39 is 13.7 Å². The zero-order valence-corrected chi connectivity index (χ0v) is 19.8. The van der Waals surface area contributed by atoms with E-state index in [1.807, 2.05) is 63.2 Å². The molecule has 0 aliphatic carbocycles. The second-order valence-corrected chi connectivity index (χ2v) is 14.2. The van der Waals surface area contributed by atoms with Gasteiger partial charge in [0.2, 0.25) is 0 Å². The van der Waals surface area contributed by atoms with Gasteiger partial charge in [0.25, 0.3) is 0 Å². The molecule has 0 N–H and O–H groups in total. The summed E-state index contributed by atoms with van der Waals surface area (Å²) in [6.07, 6.45) is 0.163. The van der Waals surface area contributed by atoms with Gasteiger partial charge in [0.1, 0.15) is 26.0 Å². The van der Waals surface area contributed by atoms with Gasteiger partial charge in [-0.2, -0.15) is 0 Å². The van der Waals surface area contributed by atoms with Crippen molar-refractivity contribution in [3.05, 3.63) is 64.2 Å². The topological polar surface area (TPSA) is 35.5 Å². The van der Waals surface area contributed by atoms with Crippen LogP contribution in [0.4, 0.5) is 0 Å². The zero-order valence-electron chi connectivity index (χ0n) is 18.1. The van der Waals surface area contributed by atoms with Gasteiger partial charge in [0, 0.05) is 16.1 Å². The summed E-state index contributed by atoms with van der Waals surface area (Å²) >= 11 is 6.27. The van der Waals surface area contributed by atoms with Gasteiger partial charge < -0.3 is 9.47 Å². The Hall–Kier alpha value is -2.22. The molecule has 154 valence electrons. The molecule has 2 aromatic carbocycles. The molecular weight excluding hydrogens is 400 g/mol. The highest BCUT2D eigenvalue weighted by Gasteiger charge is 2.18. The van der Waals surface area contributed by atoms with E-state index in [2.05, 4.69) is 31.1 Å². The van der Waals surface area contributed by atoms with Gasteiger partial charge in [-0.05, 0) is 50.6 Å². The molecule has 0 unspecified atom stereocenters. The SMILES string of the molecule is CC(C)(C)OC(=O)Cc1ccccc1OCc1cc(Cl)cc(C#C[Si](C)(C)C)c1. The van der Waals surface area contributed by atoms with E-state index in [1.54, 1.807) is 0 Å². The van der Waals surface area contributed by atoms with Crippen LogP contribution < -0.4 is 4.74 Å². The van der Waals surface area contributed by atoms with E-state index in [1.165, 1.54) is 0 Å². The second kappa shape index (κ2) is 9.52. The first-order valence-electron chi connectivity index (χ1n) is 9.66. The Labute approximate surface area is 180 Å². The quantitative estimate of drug-likeness (QED) is 0.331. The van der Waals surface area contributed by atoms with E-state index in [9.17, 15) is 4.79 Å². The zero-order chi connectivity index (χ0) is 21.7. The number of para-hydroxylation sites is 1. The number of halogens is 1. The van der Waals surface area contributed by atoms with E-state index in [-0.39, 0.29) is 12.4 Å². The first kappa shape index (κ1) is 23.1. The Morgan fingerprint density at radius 1 is 1.10 bits per heavy atom. The molecule has 2 rings (SSSR count). The second-order valence-electron chi connectivity index (χ2n) is 9.01. The summed E-state index contributed by atoms with van der Waals surface area (Å²) in [6, 6.07) is 13.2. The van der Waals surface area contributed by atoms with E-state index in [0.29, 0.717) is 17.4 Å². The van der Waals surface area contributed by atoms with Crippen LogP contribution in [0.1, 0.15) is 37.5 Å². The van der Waals surface area contributed by atoms with E-state index >= 15 is 0 Å². The Morgan fingerprint density at radius 2 is 1.79 bits per heavy atom. The third kappa shape index (κ3) is 8.76. The molecule has 5 heteroatoms. The molecule has 0 aliphatic rings. The molecule has 29 heavy (non-hydrogen) atoms. The van der Waals surface area contributed by atoms with Crippen LogP contribution in [0.2, 0.25) is 24.7 Å². The molecule has 0 spiro atoms. The van der Waals surface area contributed by atoms with Gasteiger partial charge in [-0.25, -0.2) is 0 Å². The van der Waals surface area contributed by atoms with Crippen LogP contribution in [-0.2, 0) is 22.6 Å². The number of carbonyl (C=O) groups excluding carboxylic acids is 1. The predicted octanol–water partition coefficient (Wildman–Crippen LogP) is 6.03. The van der Waals surface area contributed by atoms with Crippen molar-refractivity contribution in [2.75, 3.05) is 0 Å². The highest BCUT2D eigenvalue weighted by molar-refractivity contribution is 6.83. The molecule has 0 atom stereocenters. The monoisotopic (exact) mass is 428 g/mol. The smallest absolute Gasteiger partial charge is 0.310 e. The van der Waals surface area contributed by atoms with Crippen LogP contribution in [0.5, 0.6) is 5.75 Å². The van der Waals surface area contributed by atoms with Gasteiger partial charge in [0.15, 0.2) is 0 Å². The fraction of sp³-hybridized carbons (Fsp3) is 0.375. The maximum absolute atomic E-state index is 12.2. The Morgan fingerprint density at radius 3 is 2.45 bits per heavy atom. The molecule has 0 aromatic heterocycles. The Balaban J connectivity index is 2.13. The maximum Gasteiger partial charge on any atom is 0.310 e.